The number of carbonyl (C=O) groups excluding carboxylic acids is 2. The van der Waals surface area contributed by atoms with Crippen molar-refractivity contribution < 1.29 is 19.1 Å². The Labute approximate surface area is 210 Å². The van der Waals surface area contributed by atoms with E-state index in [1.54, 1.807) is 0 Å². The number of hydrogen-bond acceptors (Lipinski definition) is 4. The summed E-state index contributed by atoms with van der Waals surface area (Å²) in [4.78, 5) is 25.9. The van der Waals surface area contributed by atoms with E-state index in [0.717, 1.165) is 16.7 Å². The van der Waals surface area contributed by atoms with Crippen LogP contribution in [0.25, 0.3) is 0 Å². The van der Waals surface area contributed by atoms with Crippen LogP contribution in [-0.4, -0.2) is 18.1 Å². The summed E-state index contributed by atoms with van der Waals surface area (Å²) in [5, 5.41) is 2.56. The van der Waals surface area contributed by atoms with E-state index in [1.165, 1.54) is 0 Å². The normalized spacial score (nSPS) is 11.0. The number of esters is 1. The van der Waals surface area contributed by atoms with Crippen molar-refractivity contribution in [3.8, 4) is 11.8 Å². The fourth-order valence-corrected chi connectivity index (χ4v) is 3.48. The average molecular weight is 476 g/mol. The van der Waals surface area contributed by atoms with E-state index in [1.807, 2.05) is 121 Å². The number of carbonyl (C=O) groups is 2. The van der Waals surface area contributed by atoms with Gasteiger partial charge < -0.3 is 9.47 Å². The molecule has 178 valence electrons. The molecule has 0 bridgehead atoms. The first-order valence-electron chi connectivity index (χ1n) is 11.5. The van der Waals surface area contributed by atoms with Gasteiger partial charge in [-0.2, -0.15) is 0 Å². The second kappa shape index (κ2) is 12.6. The Hall–Kier alpha value is -4.82. The van der Waals surface area contributed by atoms with Gasteiger partial charge in [-0.25, -0.2) is 9.59 Å². The van der Waals surface area contributed by atoms with Crippen LogP contribution in [0.2, 0.25) is 0 Å². The summed E-state index contributed by atoms with van der Waals surface area (Å²) < 4.78 is 11.2. The van der Waals surface area contributed by atoms with Gasteiger partial charge in [0.25, 0.3) is 0 Å². The molecule has 0 saturated heterocycles. The predicted octanol–water partition coefficient (Wildman–Crippen LogP) is 5.67. The summed E-state index contributed by atoms with van der Waals surface area (Å²) in [6, 6.07) is 36.1. The number of ether oxygens (including phenoxy) is 2. The standard InChI is InChI=1S/C31H25NO4/c33-30(36-29(26-17-9-3-10-18-26)27-19-11-4-12-20-27)28(22-21-24-13-5-1-6-14-24)32-31(34)35-23-25-15-7-2-8-16-25/h1-20,28-29H,23H2,(H,32,34). The molecule has 0 aromatic heterocycles. The second-order valence-electron chi connectivity index (χ2n) is 7.91. The average Bonchev–Trinajstić information content (AvgIpc) is 2.94. The van der Waals surface area contributed by atoms with Crippen molar-refractivity contribution in [2.75, 3.05) is 0 Å². The third-order valence-corrected chi connectivity index (χ3v) is 5.28. The maximum atomic E-state index is 13.3. The molecule has 1 N–H and O–H groups in total. The first kappa shape index (κ1) is 24.3. The molecule has 5 nitrogen and oxygen atoms in total. The smallest absolute Gasteiger partial charge is 0.408 e. The summed E-state index contributed by atoms with van der Waals surface area (Å²) in [6.45, 7) is 0.0667. The van der Waals surface area contributed by atoms with E-state index in [9.17, 15) is 9.59 Å². The van der Waals surface area contributed by atoms with Crippen LogP contribution in [0.15, 0.2) is 121 Å². The van der Waals surface area contributed by atoms with Gasteiger partial charge in [-0.15, -0.1) is 0 Å². The van der Waals surface area contributed by atoms with Gasteiger partial charge >= 0.3 is 12.1 Å². The van der Waals surface area contributed by atoms with E-state index in [-0.39, 0.29) is 6.61 Å². The van der Waals surface area contributed by atoms with E-state index in [2.05, 4.69) is 17.2 Å². The number of nitrogens with one attached hydrogen (secondary N) is 1. The van der Waals surface area contributed by atoms with Crippen molar-refractivity contribution >= 4 is 12.1 Å². The third-order valence-electron chi connectivity index (χ3n) is 5.28. The van der Waals surface area contributed by atoms with Crippen LogP contribution in [0, 0.1) is 11.8 Å². The summed E-state index contributed by atoms with van der Waals surface area (Å²) in [7, 11) is 0. The zero-order chi connectivity index (χ0) is 25.0. The van der Waals surface area contributed by atoms with Crippen LogP contribution in [0.1, 0.15) is 28.4 Å². The van der Waals surface area contributed by atoms with Crippen LogP contribution < -0.4 is 5.32 Å². The predicted molar refractivity (Wildman–Crippen MR) is 138 cm³/mol. The summed E-state index contributed by atoms with van der Waals surface area (Å²) in [5.74, 6) is 5.09. The Bertz CT molecular complexity index is 1270. The Kier molecular flexibility index (Phi) is 8.50. The van der Waals surface area contributed by atoms with Gasteiger partial charge in [0, 0.05) is 5.56 Å². The number of alkyl carbamates (subject to hydrolysis) is 1. The Morgan fingerprint density at radius 2 is 1.19 bits per heavy atom. The monoisotopic (exact) mass is 475 g/mol. The minimum Gasteiger partial charge on any atom is -0.450 e. The fraction of sp³-hybridized carbons (Fsp3) is 0.0968. The summed E-state index contributed by atoms with van der Waals surface area (Å²) >= 11 is 0. The van der Waals surface area contributed by atoms with Gasteiger partial charge in [0.15, 0.2) is 12.1 Å². The van der Waals surface area contributed by atoms with Crippen molar-refractivity contribution in [3.63, 3.8) is 0 Å². The van der Waals surface area contributed by atoms with Gasteiger partial charge in [0.1, 0.15) is 6.61 Å². The van der Waals surface area contributed by atoms with Gasteiger partial charge in [-0.3, -0.25) is 5.32 Å². The Morgan fingerprint density at radius 3 is 1.75 bits per heavy atom. The molecule has 0 aliphatic rings. The van der Waals surface area contributed by atoms with Gasteiger partial charge in [0.05, 0.1) is 0 Å². The highest BCUT2D eigenvalue weighted by atomic mass is 16.6. The Morgan fingerprint density at radius 1 is 0.694 bits per heavy atom. The molecule has 1 amide bonds. The highest BCUT2D eigenvalue weighted by Gasteiger charge is 2.26. The molecule has 0 fully saturated rings. The van der Waals surface area contributed by atoms with E-state index in [0.29, 0.717) is 5.56 Å². The van der Waals surface area contributed by atoms with Crippen LogP contribution in [0.4, 0.5) is 4.79 Å². The lowest BCUT2D eigenvalue weighted by Crippen LogP contribution is -2.41. The van der Waals surface area contributed by atoms with Gasteiger partial charge in [-0.1, -0.05) is 121 Å². The molecule has 0 aliphatic carbocycles. The summed E-state index contributed by atoms with van der Waals surface area (Å²) in [6.07, 6.45) is -1.43. The van der Waals surface area contributed by atoms with Crippen LogP contribution in [0.3, 0.4) is 0 Å². The fourth-order valence-electron chi connectivity index (χ4n) is 3.48. The lowest BCUT2D eigenvalue weighted by molar-refractivity contribution is -0.148. The van der Waals surface area contributed by atoms with Crippen LogP contribution in [-0.2, 0) is 20.9 Å². The zero-order valence-corrected chi connectivity index (χ0v) is 19.5. The molecule has 0 saturated carbocycles. The molecule has 0 spiro atoms. The third kappa shape index (κ3) is 7.09. The molecular formula is C31H25NO4. The zero-order valence-electron chi connectivity index (χ0n) is 19.5. The first-order chi connectivity index (χ1) is 17.7. The highest BCUT2D eigenvalue weighted by Crippen LogP contribution is 2.26. The van der Waals surface area contributed by atoms with Gasteiger partial charge in [0.2, 0.25) is 0 Å². The topological polar surface area (TPSA) is 64.6 Å². The molecule has 5 heteroatoms. The molecule has 1 unspecified atom stereocenters. The molecule has 4 rings (SSSR count). The minimum absolute atomic E-state index is 0.0667. The van der Waals surface area contributed by atoms with Crippen LogP contribution >= 0.6 is 0 Å². The van der Waals surface area contributed by atoms with E-state index >= 15 is 0 Å². The lowest BCUT2D eigenvalue weighted by Gasteiger charge is -2.21. The molecule has 36 heavy (non-hydrogen) atoms. The van der Waals surface area contributed by atoms with E-state index < -0.39 is 24.2 Å². The minimum atomic E-state index is -1.23. The van der Waals surface area contributed by atoms with Gasteiger partial charge in [-0.05, 0) is 28.8 Å². The lowest BCUT2D eigenvalue weighted by atomic mass is 10.0. The van der Waals surface area contributed by atoms with Crippen molar-refractivity contribution in [1.82, 2.24) is 5.32 Å². The highest BCUT2D eigenvalue weighted by molar-refractivity contribution is 5.85. The number of amides is 1. The first-order valence-corrected chi connectivity index (χ1v) is 11.5. The molecule has 0 radical (unpaired) electrons. The molecule has 4 aromatic carbocycles. The van der Waals surface area contributed by atoms with Crippen molar-refractivity contribution in [1.29, 1.82) is 0 Å². The van der Waals surface area contributed by atoms with Crippen molar-refractivity contribution in [2.24, 2.45) is 0 Å². The molecule has 0 aliphatic heterocycles. The van der Waals surface area contributed by atoms with Crippen molar-refractivity contribution in [2.45, 2.75) is 18.8 Å². The maximum Gasteiger partial charge on any atom is 0.408 e. The molecule has 1 atom stereocenters. The molecule has 4 aromatic rings. The maximum absolute atomic E-state index is 13.3. The van der Waals surface area contributed by atoms with Crippen LogP contribution in [0.5, 0.6) is 0 Å². The Balaban J connectivity index is 1.54. The second-order valence-corrected chi connectivity index (χ2v) is 7.91. The largest absolute Gasteiger partial charge is 0.450 e. The SMILES string of the molecule is O=C(NC(C#Cc1ccccc1)C(=O)OC(c1ccccc1)c1ccccc1)OCc1ccccc1. The van der Waals surface area contributed by atoms with E-state index in [4.69, 9.17) is 9.47 Å². The molecule has 0 heterocycles. The molecular weight excluding hydrogens is 450 g/mol. The number of rotatable bonds is 7. The van der Waals surface area contributed by atoms with Crippen molar-refractivity contribution in [3.05, 3.63) is 144 Å². The number of benzene rings is 4. The number of hydrogen-bond donors (Lipinski definition) is 1. The summed E-state index contributed by atoms with van der Waals surface area (Å²) in [5.41, 5.74) is 3.14. The quantitative estimate of drug-likeness (QED) is 0.277.